The summed E-state index contributed by atoms with van der Waals surface area (Å²) in [6.07, 6.45) is 8.52. The van der Waals surface area contributed by atoms with Crippen LogP contribution in [0.2, 0.25) is 0 Å². The molecule has 2 bridgehead atoms. The maximum atomic E-state index is 12.6. The van der Waals surface area contributed by atoms with E-state index >= 15 is 0 Å². The molecule has 1 N–H and O–H groups in total. The average Bonchev–Trinajstić information content (AvgIpc) is 2.70. The molecular weight excluding hydrogens is 238 g/mol. The van der Waals surface area contributed by atoms with Crippen molar-refractivity contribution in [3.63, 3.8) is 0 Å². The van der Waals surface area contributed by atoms with Crippen molar-refractivity contribution in [3.05, 3.63) is 35.4 Å². The van der Waals surface area contributed by atoms with E-state index in [1.54, 1.807) is 24.3 Å². The van der Waals surface area contributed by atoms with E-state index in [4.69, 9.17) is 6.42 Å². The van der Waals surface area contributed by atoms with Gasteiger partial charge < -0.3 is 10.0 Å². The number of fused-ring (bicyclic) bond motifs is 2. The lowest BCUT2D eigenvalue weighted by Crippen LogP contribution is -2.47. The molecule has 3 heteroatoms. The second-order valence-electron chi connectivity index (χ2n) is 5.44. The Balaban J connectivity index is 1.82. The summed E-state index contributed by atoms with van der Waals surface area (Å²) in [6, 6.07) is 7.59. The van der Waals surface area contributed by atoms with Gasteiger partial charge in [0, 0.05) is 23.2 Å². The summed E-state index contributed by atoms with van der Waals surface area (Å²) in [5, 5.41) is 9.77. The van der Waals surface area contributed by atoms with Gasteiger partial charge in [-0.25, -0.2) is 0 Å². The first-order chi connectivity index (χ1) is 9.19. The number of hydrogen-bond acceptors (Lipinski definition) is 2. The van der Waals surface area contributed by atoms with Gasteiger partial charge in [-0.05, 0) is 49.9 Å². The van der Waals surface area contributed by atoms with Crippen LogP contribution in [0.4, 0.5) is 0 Å². The third-order valence-corrected chi connectivity index (χ3v) is 4.24. The van der Waals surface area contributed by atoms with Crippen LogP contribution in [0.1, 0.15) is 41.6 Å². The first kappa shape index (κ1) is 12.3. The second kappa shape index (κ2) is 4.71. The first-order valence-corrected chi connectivity index (χ1v) is 6.76. The number of aliphatic hydroxyl groups excluding tert-OH is 1. The first-order valence-electron chi connectivity index (χ1n) is 6.76. The molecule has 19 heavy (non-hydrogen) atoms. The summed E-state index contributed by atoms with van der Waals surface area (Å²) in [5.74, 6) is 2.62. The highest BCUT2D eigenvalue weighted by Crippen LogP contribution is 2.36. The maximum absolute atomic E-state index is 12.6. The number of benzene rings is 1. The molecule has 2 unspecified atom stereocenters. The molecule has 1 aromatic rings. The van der Waals surface area contributed by atoms with Crippen LogP contribution in [0, 0.1) is 12.3 Å². The number of rotatable bonds is 1. The van der Waals surface area contributed by atoms with Crippen molar-refractivity contribution in [2.45, 2.75) is 43.9 Å². The van der Waals surface area contributed by atoms with E-state index in [0.717, 1.165) is 18.4 Å². The highest BCUT2D eigenvalue weighted by Gasteiger charge is 2.42. The van der Waals surface area contributed by atoms with Gasteiger partial charge in [-0.1, -0.05) is 5.92 Å². The van der Waals surface area contributed by atoms with Gasteiger partial charge in [0.15, 0.2) is 0 Å². The van der Waals surface area contributed by atoms with E-state index in [1.807, 2.05) is 4.90 Å². The topological polar surface area (TPSA) is 40.5 Å². The molecule has 3 rings (SSSR count). The Labute approximate surface area is 113 Å². The molecule has 3 nitrogen and oxygen atoms in total. The highest BCUT2D eigenvalue weighted by atomic mass is 16.3. The number of hydrogen-bond donors (Lipinski definition) is 1. The Morgan fingerprint density at radius 3 is 2.32 bits per heavy atom. The maximum Gasteiger partial charge on any atom is 0.254 e. The Morgan fingerprint density at radius 2 is 1.79 bits per heavy atom. The van der Waals surface area contributed by atoms with E-state index in [1.165, 1.54) is 0 Å². The molecule has 2 aliphatic rings. The average molecular weight is 255 g/mol. The summed E-state index contributed by atoms with van der Waals surface area (Å²) >= 11 is 0. The smallest absolute Gasteiger partial charge is 0.254 e. The fraction of sp³-hybridized carbons (Fsp3) is 0.438. The number of carbonyl (C=O) groups is 1. The molecule has 2 saturated heterocycles. The van der Waals surface area contributed by atoms with Crippen molar-refractivity contribution in [2.24, 2.45) is 0 Å². The summed E-state index contributed by atoms with van der Waals surface area (Å²) in [5.41, 5.74) is 1.47. The summed E-state index contributed by atoms with van der Waals surface area (Å²) in [7, 11) is 0. The van der Waals surface area contributed by atoms with E-state index in [0.29, 0.717) is 18.4 Å². The van der Waals surface area contributed by atoms with Crippen LogP contribution >= 0.6 is 0 Å². The molecule has 1 amide bonds. The number of nitrogens with zero attached hydrogens (tertiary/aromatic N) is 1. The van der Waals surface area contributed by atoms with Crippen LogP contribution < -0.4 is 0 Å². The van der Waals surface area contributed by atoms with Gasteiger partial charge in [-0.3, -0.25) is 4.79 Å². The Bertz CT molecular complexity index is 515. The van der Waals surface area contributed by atoms with Crippen LogP contribution in [0.5, 0.6) is 0 Å². The Morgan fingerprint density at radius 1 is 1.21 bits per heavy atom. The molecule has 2 heterocycles. The third-order valence-electron chi connectivity index (χ3n) is 4.24. The monoisotopic (exact) mass is 255 g/mol. The lowest BCUT2D eigenvalue weighted by Gasteiger charge is -2.37. The van der Waals surface area contributed by atoms with Gasteiger partial charge >= 0.3 is 0 Å². The van der Waals surface area contributed by atoms with E-state index in [2.05, 4.69) is 5.92 Å². The minimum absolute atomic E-state index is 0.0722. The number of amides is 1. The predicted molar refractivity (Wildman–Crippen MR) is 72.6 cm³/mol. The number of carbonyl (C=O) groups excluding carboxylic acids is 1. The molecular formula is C16H17NO2. The van der Waals surface area contributed by atoms with Crippen LogP contribution in [-0.4, -0.2) is 34.1 Å². The van der Waals surface area contributed by atoms with Crippen molar-refractivity contribution < 1.29 is 9.90 Å². The number of piperidine rings is 1. The molecule has 2 atom stereocenters. The van der Waals surface area contributed by atoms with Crippen molar-refractivity contribution in [3.8, 4) is 12.3 Å². The molecule has 0 aromatic heterocycles. The van der Waals surface area contributed by atoms with Crippen LogP contribution in [0.25, 0.3) is 0 Å². The van der Waals surface area contributed by atoms with Gasteiger partial charge in [0.25, 0.3) is 5.91 Å². The van der Waals surface area contributed by atoms with E-state index in [9.17, 15) is 9.90 Å². The quantitative estimate of drug-likeness (QED) is 0.777. The fourth-order valence-electron chi connectivity index (χ4n) is 3.34. The largest absolute Gasteiger partial charge is 0.393 e. The van der Waals surface area contributed by atoms with Crippen LogP contribution in [-0.2, 0) is 0 Å². The molecule has 2 fully saturated rings. The zero-order chi connectivity index (χ0) is 13.4. The SMILES string of the molecule is C#Cc1ccc(C(=O)N2C3CCC2CC(O)C3)cc1. The normalized spacial score (nSPS) is 29.1. The van der Waals surface area contributed by atoms with Crippen LogP contribution in [0.3, 0.4) is 0 Å². The second-order valence-corrected chi connectivity index (χ2v) is 5.44. The summed E-state index contributed by atoms with van der Waals surface area (Å²) in [6.45, 7) is 0. The van der Waals surface area contributed by atoms with Gasteiger partial charge in [-0.2, -0.15) is 0 Å². The van der Waals surface area contributed by atoms with Gasteiger partial charge in [0.2, 0.25) is 0 Å². The summed E-state index contributed by atoms with van der Waals surface area (Å²) in [4.78, 5) is 14.5. The summed E-state index contributed by atoms with van der Waals surface area (Å²) < 4.78 is 0. The zero-order valence-electron chi connectivity index (χ0n) is 10.7. The third kappa shape index (κ3) is 2.13. The minimum Gasteiger partial charge on any atom is -0.393 e. The van der Waals surface area contributed by atoms with Crippen molar-refractivity contribution in [1.29, 1.82) is 0 Å². The van der Waals surface area contributed by atoms with E-state index in [-0.39, 0.29) is 24.1 Å². The molecule has 0 radical (unpaired) electrons. The molecule has 0 saturated carbocycles. The number of aliphatic hydroxyl groups is 1. The lowest BCUT2D eigenvalue weighted by molar-refractivity contribution is 0.0287. The van der Waals surface area contributed by atoms with Crippen LogP contribution in [0.15, 0.2) is 24.3 Å². The molecule has 1 aromatic carbocycles. The van der Waals surface area contributed by atoms with E-state index < -0.39 is 0 Å². The number of terminal acetylenes is 1. The standard InChI is InChI=1S/C16H17NO2/c1-2-11-3-5-12(6-4-11)16(19)17-13-7-8-14(17)10-15(18)9-13/h1,3-6,13-15,18H,7-10H2. The highest BCUT2D eigenvalue weighted by molar-refractivity contribution is 5.95. The molecule has 2 aliphatic heterocycles. The molecule has 98 valence electrons. The van der Waals surface area contributed by atoms with Gasteiger partial charge in [0.1, 0.15) is 0 Å². The minimum atomic E-state index is -0.245. The zero-order valence-corrected chi connectivity index (χ0v) is 10.7. The Kier molecular flexibility index (Phi) is 3.04. The van der Waals surface area contributed by atoms with Crippen molar-refractivity contribution in [2.75, 3.05) is 0 Å². The van der Waals surface area contributed by atoms with Crippen molar-refractivity contribution in [1.82, 2.24) is 4.90 Å². The van der Waals surface area contributed by atoms with Crippen molar-refractivity contribution >= 4 is 5.91 Å². The lowest BCUT2D eigenvalue weighted by atomic mass is 9.98. The van der Waals surface area contributed by atoms with Gasteiger partial charge in [-0.15, -0.1) is 6.42 Å². The predicted octanol–water partition coefficient (Wildman–Crippen LogP) is 1.80. The Hall–Kier alpha value is -1.79. The molecule has 0 spiro atoms. The fourth-order valence-corrected chi connectivity index (χ4v) is 3.34. The molecule has 0 aliphatic carbocycles. The van der Waals surface area contributed by atoms with Gasteiger partial charge in [0.05, 0.1) is 6.10 Å².